The molecule has 1 heterocycles. The van der Waals surface area contributed by atoms with Gasteiger partial charge in [0, 0.05) is 24.8 Å². The molecule has 0 aliphatic heterocycles. The Bertz CT molecular complexity index is 81.6. The van der Waals surface area contributed by atoms with E-state index in [0.717, 1.165) is 0 Å². The van der Waals surface area contributed by atoms with E-state index in [1.54, 1.807) is 24.8 Å². The predicted molar refractivity (Wildman–Crippen MR) is 32.4 cm³/mol. The molecule has 0 saturated carbocycles. The van der Waals surface area contributed by atoms with Crippen LogP contribution in [0.5, 0.6) is 0 Å². The lowest BCUT2D eigenvalue weighted by molar-refractivity contribution is 1.20. The third-order valence-electron chi connectivity index (χ3n) is 0.478. The molecule has 0 spiro atoms. The van der Waals surface area contributed by atoms with Gasteiger partial charge in [-0.3, -0.25) is 9.97 Å². The Labute approximate surface area is 52.4 Å². The van der Waals surface area contributed by atoms with E-state index < -0.39 is 0 Å². The molecule has 0 fully saturated rings. The van der Waals surface area contributed by atoms with Crippen LogP contribution < -0.4 is 0 Å². The molecule has 1 rings (SSSR count). The summed E-state index contributed by atoms with van der Waals surface area (Å²) in [5.74, 6) is 0. The molecule has 0 aromatic carbocycles. The number of halogens is 1. The van der Waals surface area contributed by atoms with Crippen molar-refractivity contribution in [3.63, 3.8) is 0 Å². The van der Waals surface area contributed by atoms with E-state index in [1.165, 1.54) is 0 Å². The third kappa shape index (κ3) is 2.28. The average Bonchev–Trinajstić information content (AvgIpc) is 1.72. The van der Waals surface area contributed by atoms with E-state index in [2.05, 4.69) is 9.97 Å². The summed E-state index contributed by atoms with van der Waals surface area (Å²) < 4.78 is 0. The molecular formula is C4H5BrN2. The molecule has 0 radical (unpaired) electrons. The first-order valence-electron chi connectivity index (χ1n) is 1.70. The highest BCUT2D eigenvalue weighted by Crippen LogP contribution is 1.65. The minimum absolute atomic E-state index is 0. The number of hydrogen-bond acceptors (Lipinski definition) is 2. The Kier molecular flexibility index (Phi) is 3.50. The first kappa shape index (κ1) is 6.56. The number of nitrogens with zero attached hydrogens (tertiary/aromatic N) is 2. The smallest absolute Gasteiger partial charge is 0.0451 e. The minimum Gasteiger partial charge on any atom is -0.262 e. The van der Waals surface area contributed by atoms with Crippen LogP contribution in [-0.4, -0.2) is 9.97 Å². The lowest BCUT2D eigenvalue weighted by atomic mass is 10.8. The maximum atomic E-state index is 3.72. The summed E-state index contributed by atoms with van der Waals surface area (Å²) in [6, 6.07) is 0. The summed E-state index contributed by atoms with van der Waals surface area (Å²) in [4.78, 5) is 7.44. The van der Waals surface area contributed by atoms with Gasteiger partial charge in [0.05, 0.1) is 0 Å². The van der Waals surface area contributed by atoms with Crippen LogP contribution in [0.3, 0.4) is 0 Å². The van der Waals surface area contributed by atoms with Crippen LogP contribution in [0.1, 0.15) is 0 Å². The molecule has 0 unspecified atom stereocenters. The highest BCUT2D eigenvalue weighted by atomic mass is 79.9. The molecule has 0 amide bonds. The van der Waals surface area contributed by atoms with Crippen molar-refractivity contribution in [2.75, 3.05) is 0 Å². The van der Waals surface area contributed by atoms with E-state index in [-0.39, 0.29) is 17.0 Å². The highest BCUT2D eigenvalue weighted by Gasteiger charge is 1.59. The van der Waals surface area contributed by atoms with Crippen molar-refractivity contribution < 1.29 is 0 Å². The Balaban J connectivity index is 0.000000360. The molecule has 0 aliphatic rings. The average molecular weight is 161 g/mol. The van der Waals surface area contributed by atoms with E-state index >= 15 is 0 Å². The molecule has 3 heteroatoms. The van der Waals surface area contributed by atoms with Crippen molar-refractivity contribution in [3.05, 3.63) is 24.8 Å². The molecule has 1 aromatic heterocycles. The van der Waals surface area contributed by atoms with Crippen LogP contribution in [0.4, 0.5) is 0 Å². The maximum absolute atomic E-state index is 3.72. The van der Waals surface area contributed by atoms with Gasteiger partial charge >= 0.3 is 0 Å². The normalized spacial score (nSPS) is 6.86. The van der Waals surface area contributed by atoms with Crippen LogP contribution in [0.2, 0.25) is 0 Å². The van der Waals surface area contributed by atoms with Gasteiger partial charge in [-0.2, -0.15) is 0 Å². The molecule has 1 aromatic rings. The lowest BCUT2D eigenvalue weighted by Crippen LogP contribution is -1.66. The van der Waals surface area contributed by atoms with Crippen molar-refractivity contribution in [1.82, 2.24) is 9.97 Å². The van der Waals surface area contributed by atoms with Gasteiger partial charge in [-0.05, 0) is 0 Å². The topological polar surface area (TPSA) is 25.8 Å². The molecule has 38 valence electrons. The Morgan fingerprint density at radius 3 is 1.14 bits per heavy atom. The first-order chi connectivity index (χ1) is 3.00. The molecule has 0 aliphatic carbocycles. The minimum atomic E-state index is 0. The number of hydrogen-bond donors (Lipinski definition) is 0. The van der Waals surface area contributed by atoms with Gasteiger partial charge in [-0.25, -0.2) is 0 Å². The third-order valence-corrected chi connectivity index (χ3v) is 0.478. The van der Waals surface area contributed by atoms with Crippen LogP contribution in [-0.2, 0) is 0 Å². The van der Waals surface area contributed by atoms with Gasteiger partial charge < -0.3 is 0 Å². The van der Waals surface area contributed by atoms with Gasteiger partial charge in [-0.15, -0.1) is 17.0 Å². The molecule has 0 N–H and O–H groups in total. The van der Waals surface area contributed by atoms with E-state index in [0.29, 0.717) is 0 Å². The van der Waals surface area contributed by atoms with E-state index in [9.17, 15) is 0 Å². The second-order valence-electron chi connectivity index (χ2n) is 0.894. The standard InChI is InChI=1S/C4H4N2.BrH/c1-2-6-4-3-5-1;/h1-4H;1H. The van der Waals surface area contributed by atoms with Crippen molar-refractivity contribution in [3.8, 4) is 0 Å². The highest BCUT2D eigenvalue weighted by molar-refractivity contribution is 8.93. The summed E-state index contributed by atoms with van der Waals surface area (Å²) >= 11 is 0. The fraction of sp³-hybridized carbons (Fsp3) is 0. The van der Waals surface area contributed by atoms with Crippen molar-refractivity contribution in [2.24, 2.45) is 0 Å². The summed E-state index contributed by atoms with van der Waals surface area (Å²) in [5.41, 5.74) is 0. The SMILES string of the molecule is Br.c1cnccn1. The molecule has 0 bridgehead atoms. The van der Waals surface area contributed by atoms with Crippen LogP contribution in [0.15, 0.2) is 24.8 Å². The van der Waals surface area contributed by atoms with Crippen molar-refractivity contribution >= 4 is 17.0 Å². The maximum Gasteiger partial charge on any atom is 0.0451 e. The largest absolute Gasteiger partial charge is 0.262 e. The number of rotatable bonds is 0. The van der Waals surface area contributed by atoms with Crippen molar-refractivity contribution in [1.29, 1.82) is 0 Å². The predicted octanol–water partition coefficient (Wildman–Crippen LogP) is 1.05. The molecular weight excluding hydrogens is 156 g/mol. The second-order valence-corrected chi connectivity index (χ2v) is 0.894. The van der Waals surface area contributed by atoms with E-state index in [4.69, 9.17) is 0 Å². The zero-order valence-corrected chi connectivity index (χ0v) is 5.33. The van der Waals surface area contributed by atoms with Gasteiger partial charge in [0.2, 0.25) is 0 Å². The van der Waals surface area contributed by atoms with Gasteiger partial charge in [0.1, 0.15) is 0 Å². The summed E-state index contributed by atoms with van der Waals surface area (Å²) in [5, 5.41) is 0. The molecule has 0 saturated heterocycles. The Morgan fingerprint density at radius 2 is 1.00 bits per heavy atom. The quantitative estimate of drug-likeness (QED) is 0.568. The fourth-order valence-corrected chi connectivity index (χ4v) is 0.253. The number of aromatic nitrogens is 2. The molecule has 2 nitrogen and oxygen atoms in total. The van der Waals surface area contributed by atoms with Crippen LogP contribution in [0.25, 0.3) is 0 Å². The monoisotopic (exact) mass is 160 g/mol. The molecule has 0 atom stereocenters. The summed E-state index contributed by atoms with van der Waals surface area (Å²) in [6.07, 6.45) is 6.56. The first-order valence-corrected chi connectivity index (χ1v) is 1.70. The zero-order valence-electron chi connectivity index (χ0n) is 3.61. The zero-order chi connectivity index (χ0) is 4.24. The van der Waals surface area contributed by atoms with Crippen LogP contribution in [0, 0.1) is 0 Å². The van der Waals surface area contributed by atoms with Crippen LogP contribution >= 0.6 is 17.0 Å². The van der Waals surface area contributed by atoms with Gasteiger partial charge in [0.15, 0.2) is 0 Å². The summed E-state index contributed by atoms with van der Waals surface area (Å²) in [7, 11) is 0. The van der Waals surface area contributed by atoms with Gasteiger partial charge in [-0.1, -0.05) is 0 Å². The lowest BCUT2D eigenvalue weighted by Gasteiger charge is -1.70. The van der Waals surface area contributed by atoms with Crippen molar-refractivity contribution in [2.45, 2.75) is 0 Å². The Hall–Kier alpha value is -0.440. The molecule has 7 heavy (non-hydrogen) atoms. The summed E-state index contributed by atoms with van der Waals surface area (Å²) in [6.45, 7) is 0. The fourth-order valence-electron chi connectivity index (χ4n) is 0.253. The van der Waals surface area contributed by atoms with E-state index in [1.807, 2.05) is 0 Å². The Morgan fingerprint density at radius 1 is 0.714 bits per heavy atom. The second kappa shape index (κ2) is 3.74. The van der Waals surface area contributed by atoms with Gasteiger partial charge in [0.25, 0.3) is 0 Å².